The van der Waals surface area contributed by atoms with Crippen LogP contribution in [0.5, 0.6) is 0 Å². The second-order valence-electron chi connectivity index (χ2n) is 3.73. The van der Waals surface area contributed by atoms with Crippen molar-refractivity contribution in [3.8, 4) is 0 Å². The number of rotatable bonds is 5. The van der Waals surface area contributed by atoms with Crippen molar-refractivity contribution in [3.63, 3.8) is 0 Å². The molecule has 0 aliphatic rings. The van der Waals surface area contributed by atoms with Gasteiger partial charge in [-0.25, -0.2) is 13.1 Å². The normalized spacial score (nSPS) is 12.7. The largest absolute Gasteiger partial charge is 0.402 e. The number of nitrogens with one attached hydrogen (secondary N) is 2. The summed E-state index contributed by atoms with van der Waals surface area (Å²) in [5.74, 6) is 0. The minimum absolute atomic E-state index is 0.210. The fourth-order valence-electron chi connectivity index (χ4n) is 1.32. The van der Waals surface area contributed by atoms with Crippen LogP contribution in [0.3, 0.4) is 0 Å². The third-order valence-electron chi connectivity index (χ3n) is 2.13. The molecule has 1 rings (SSSR count). The van der Waals surface area contributed by atoms with Gasteiger partial charge in [-0.1, -0.05) is 6.07 Å². The van der Waals surface area contributed by atoms with Gasteiger partial charge in [-0.15, -0.1) is 0 Å². The fraction of sp³-hybridized carbons (Fsp3) is 0.400. The molecule has 0 unspecified atom stereocenters. The molecule has 108 valence electrons. The molecule has 0 aromatic heterocycles. The molecule has 2 N–H and O–H groups in total. The monoisotopic (exact) mass is 360 g/mol. The highest BCUT2D eigenvalue weighted by Crippen LogP contribution is 2.24. The van der Waals surface area contributed by atoms with Crippen LogP contribution in [0.25, 0.3) is 0 Å². The van der Waals surface area contributed by atoms with Crippen molar-refractivity contribution in [1.82, 2.24) is 10.0 Å². The minimum Gasteiger partial charge on any atom is -0.316 e. The number of halogens is 4. The van der Waals surface area contributed by atoms with Gasteiger partial charge in [-0.05, 0) is 40.7 Å². The first kappa shape index (κ1) is 16.4. The first-order valence-corrected chi connectivity index (χ1v) is 7.43. The molecule has 0 aliphatic carbocycles. The Morgan fingerprint density at radius 3 is 2.47 bits per heavy atom. The number of benzene rings is 1. The summed E-state index contributed by atoms with van der Waals surface area (Å²) < 4.78 is 61.5. The van der Waals surface area contributed by atoms with Crippen molar-refractivity contribution in [2.24, 2.45) is 0 Å². The van der Waals surface area contributed by atoms with Gasteiger partial charge in [-0.2, -0.15) is 13.2 Å². The number of hydrogen-bond donors (Lipinski definition) is 2. The lowest BCUT2D eigenvalue weighted by Gasteiger charge is -2.11. The van der Waals surface area contributed by atoms with Crippen LogP contribution >= 0.6 is 15.9 Å². The summed E-state index contributed by atoms with van der Waals surface area (Å²) in [5, 5.41) is 2.83. The topological polar surface area (TPSA) is 58.2 Å². The third-order valence-corrected chi connectivity index (χ3v) is 4.52. The van der Waals surface area contributed by atoms with Crippen molar-refractivity contribution in [1.29, 1.82) is 0 Å². The van der Waals surface area contributed by atoms with E-state index in [0.717, 1.165) is 0 Å². The first-order valence-electron chi connectivity index (χ1n) is 5.15. The van der Waals surface area contributed by atoms with Gasteiger partial charge in [0.2, 0.25) is 10.0 Å². The second-order valence-corrected chi connectivity index (χ2v) is 6.32. The second kappa shape index (κ2) is 6.21. The Hall–Kier alpha value is -0.640. The maximum absolute atomic E-state index is 12.1. The van der Waals surface area contributed by atoms with Gasteiger partial charge in [0, 0.05) is 11.0 Å². The number of hydrogen-bond acceptors (Lipinski definition) is 3. The Balaban J connectivity index is 3.03. The molecule has 0 aliphatic heterocycles. The lowest BCUT2D eigenvalue weighted by atomic mass is 10.2. The van der Waals surface area contributed by atoms with Gasteiger partial charge >= 0.3 is 6.18 Å². The summed E-state index contributed by atoms with van der Waals surface area (Å²) in [6.45, 7) is -1.19. The molecule has 0 heterocycles. The van der Waals surface area contributed by atoms with Gasteiger partial charge in [0.25, 0.3) is 0 Å². The van der Waals surface area contributed by atoms with E-state index in [2.05, 4.69) is 21.2 Å². The van der Waals surface area contributed by atoms with E-state index in [1.807, 2.05) is 0 Å². The lowest BCUT2D eigenvalue weighted by molar-refractivity contribution is -0.121. The van der Waals surface area contributed by atoms with Gasteiger partial charge in [0.1, 0.15) is 6.54 Å². The molecule has 0 fully saturated rings. The smallest absolute Gasteiger partial charge is 0.316 e. The number of sulfonamides is 1. The summed E-state index contributed by atoms with van der Waals surface area (Å²) in [4.78, 5) is -0.218. The molecule has 0 spiro atoms. The van der Waals surface area contributed by atoms with E-state index in [-0.39, 0.29) is 9.37 Å². The van der Waals surface area contributed by atoms with E-state index in [0.29, 0.717) is 12.1 Å². The first-order chi connectivity index (χ1) is 8.65. The van der Waals surface area contributed by atoms with Crippen LogP contribution in [0.1, 0.15) is 5.56 Å². The maximum atomic E-state index is 12.1. The molecule has 0 amide bonds. The summed E-state index contributed by atoms with van der Waals surface area (Å²) >= 11 is 3.02. The molecular formula is C10H12BrF3N2O2S. The predicted molar refractivity (Wildman–Crippen MR) is 68.1 cm³/mol. The van der Waals surface area contributed by atoms with Gasteiger partial charge in [0.15, 0.2) is 0 Å². The highest BCUT2D eigenvalue weighted by molar-refractivity contribution is 9.10. The molecule has 0 radical (unpaired) electrons. The Morgan fingerprint density at radius 2 is 1.95 bits per heavy atom. The van der Waals surface area contributed by atoms with Crippen molar-refractivity contribution < 1.29 is 21.6 Å². The molecule has 1 aromatic rings. The van der Waals surface area contributed by atoms with Crippen molar-refractivity contribution >= 4 is 26.0 Å². The van der Waals surface area contributed by atoms with Crippen molar-refractivity contribution in [2.75, 3.05) is 13.6 Å². The molecule has 0 bridgehead atoms. The molecule has 4 nitrogen and oxygen atoms in total. The molecule has 0 saturated carbocycles. The van der Waals surface area contributed by atoms with Crippen LogP contribution in [-0.4, -0.2) is 28.2 Å². The lowest BCUT2D eigenvalue weighted by Crippen LogP contribution is -2.34. The molecule has 19 heavy (non-hydrogen) atoms. The maximum Gasteiger partial charge on any atom is 0.402 e. The van der Waals surface area contributed by atoms with Crippen LogP contribution in [-0.2, 0) is 16.6 Å². The highest BCUT2D eigenvalue weighted by Gasteiger charge is 2.30. The Kier molecular flexibility index (Phi) is 5.36. The van der Waals surface area contributed by atoms with E-state index in [9.17, 15) is 21.6 Å². The number of alkyl halides is 3. The molecule has 9 heteroatoms. The highest BCUT2D eigenvalue weighted by atomic mass is 79.9. The summed E-state index contributed by atoms with van der Waals surface area (Å²) in [7, 11) is -2.53. The average molecular weight is 361 g/mol. The summed E-state index contributed by atoms with van der Waals surface area (Å²) in [5.41, 5.74) is 0.651. The summed E-state index contributed by atoms with van der Waals surface area (Å²) in [6, 6.07) is 4.47. The molecule has 0 atom stereocenters. The zero-order valence-corrected chi connectivity index (χ0v) is 12.3. The molecular weight excluding hydrogens is 349 g/mol. The van der Waals surface area contributed by atoms with Gasteiger partial charge < -0.3 is 5.32 Å². The zero-order chi connectivity index (χ0) is 14.7. The van der Waals surface area contributed by atoms with Gasteiger partial charge in [0.05, 0.1) is 4.90 Å². The molecule has 0 saturated heterocycles. The van der Waals surface area contributed by atoms with E-state index >= 15 is 0 Å². The standard InChI is InChI=1S/C10H12BrF3N2O2S/c1-15-5-7-2-3-8(11)9(4-7)19(17,18)16-6-10(12,13)14/h2-4,15-16H,5-6H2,1H3. The van der Waals surface area contributed by atoms with Crippen LogP contribution < -0.4 is 10.0 Å². The van der Waals surface area contributed by atoms with E-state index in [1.165, 1.54) is 16.9 Å². The van der Waals surface area contributed by atoms with Crippen LogP contribution in [0.15, 0.2) is 27.6 Å². The van der Waals surface area contributed by atoms with E-state index < -0.39 is 22.7 Å². The zero-order valence-electron chi connectivity index (χ0n) is 9.88. The average Bonchev–Trinajstić information content (AvgIpc) is 2.29. The van der Waals surface area contributed by atoms with Gasteiger partial charge in [-0.3, -0.25) is 0 Å². The Bertz CT molecular complexity index is 546. The predicted octanol–water partition coefficient (Wildman–Crippen LogP) is 2.01. The SMILES string of the molecule is CNCc1ccc(Br)c(S(=O)(=O)NCC(F)(F)F)c1. The van der Waals surface area contributed by atoms with Crippen LogP contribution in [0.2, 0.25) is 0 Å². The van der Waals surface area contributed by atoms with E-state index in [4.69, 9.17) is 0 Å². The molecule has 1 aromatic carbocycles. The van der Waals surface area contributed by atoms with Crippen molar-refractivity contribution in [2.45, 2.75) is 17.6 Å². The van der Waals surface area contributed by atoms with E-state index in [1.54, 1.807) is 13.1 Å². The Labute approximate surface area is 117 Å². The van der Waals surface area contributed by atoms with Crippen LogP contribution in [0, 0.1) is 0 Å². The third kappa shape index (κ3) is 5.09. The van der Waals surface area contributed by atoms with Crippen LogP contribution in [0.4, 0.5) is 13.2 Å². The Morgan fingerprint density at radius 1 is 1.32 bits per heavy atom. The van der Waals surface area contributed by atoms with Crippen molar-refractivity contribution in [3.05, 3.63) is 28.2 Å². The fourth-order valence-corrected chi connectivity index (χ4v) is 3.35. The quantitative estimate of drug-likeness (QED) is 0.844. The minimum atomic E-state index is -4.60. The summed E-state index contributed by atoms with van der Waals surface area (Å²) in [6.07, 6.45) is -4.60.